The Morgan fingerprint density at radius 3 is 2.74 bits per heavy atom. The van der Waals surface area contributed by atoms with Crippen LogP contribution in [0, 0.1) is 0 Å². The van der Waals surface area contributed by atoms with Gasteiger partial charge >= 0.3 is 0 Å². The molecule has 1 saturated heterocycles. The molecule has 1 aliphatic heterocycles. The zero-order valence-electron chi connectivity index (χ0n) is 17.9. The van der Waals surface area contributed by atoms with Gasteiger partial charge in [0.1, 0.15) is 11.5 Å². The van der Waals surface area contributed by atoms with Gasteiger partial charge in [0.2, 0.25) is 5.13 Å². The van der Waals surface area contributed by atoms with E-state index >= 15 is 0 Å². The Labute approximate surface area is 214 Å². The van der Waals surface area contributed by atoms with Gasteiger partial charge in [0.05, 0.1) is 15.6 Å². The molecule has 0 aliphatic carbocycles. The molecule has 9 heteroatoms. The second kappa shape index (κ2) is 9.80. The number of hydrogen-bond acceptors (Lipinski definition) is 6. The lowest BCUT2D eigenvalue weighted by molar-refractivity contribution is -0.122. The summed E-state index contributed by atoms with van der Waals surface area (Å²) in [4.78, 5) is 24.4. The molecule has 0 N–H and O–H groups in total. The first kappa shape index (κ1) is 22.9. The molecule has 3 heterocycles. The number of thiazole rings is 1. The minimum absolute atomic E-state index is 0.121. The van der Waals surface area contributed by atoms with Crippen molar-refractivity contribution < 1.29 is 9.21 Å². The standard InChI is InChI=1S/C25H17Cl2N3O2S2/c1-2-30-23(31)22(13-17-9-11-21(32-17)18-12-16(26)8-10-19(18)27)34-25(30)29-24-28-20(14-33-24)15-6-4-3-5-7-15/h3-14H,2H2,1H3/b22-13+,29-25+. The lowest BCUT2D eigenvalue weighted by Gasteiger charge is -2.11. The molecule has 0 bridgehead atoms. The average molecular weight is 526 g/mol. The molecular weight excluding hydrogens is 509 g/mol. The second-order valence-corrected chi connectivity index (χ2v) is 9.95. The number of aromatic nitrogens is 1. The summed E-state index contributed by atoms with van der Waals surface area (Å²) < 4.78 is 5.94. The van der Waals surface area contributed by atoms with Crippen molar-refractivity contribution in [1.82, 2.24) is 9.88 Å². The van der Waals surface area contributed by atoms with Crippen molar-refractivity contribution in [2.75, 3.05) is 6.54 Å². The molecule has 1 fully saturated rings. The number of benzene rings is 2. The van der Waals surface area contributed by atoms with Crippen LogP contribution >= 0.6 is 46.3 Å². The predicted molar refractivity (Wildman–Crippen MR) is 142 cm³/mol. The molecule has 34 heavy (non-hydrogen) atoms. The van der Waals surface area contributed by atoms with Crippen molar-refractivity contribution in [2.45, 2.75) is 6.92 Å². The van der Waals surface area contributed by atoms with Crippen LogP contribution in [0.1, 0.15) is 12.7 Å². The largest absolute Gasteiger partial charge is 0.457 e. The third-order valence-corrected chi connectivity index (χ3v) is 7.36. The maximum atomic E-state index is 13.0. The van der Waals surface area contributed by atoms with Crippen LogP contribution in [0.4, 0.5) is 5.13 Å². The summed E-state index contributed by atoms with van der Waals surface area (Å²) in [5.41, 5.74) is 2.59. The molecule has 1 amide bonds. The highest BCUT2D eigenvalue weighted by molar-refractivity contribution is 8.18. The highest BCUT2D eigenvalue weighted by Gasteiger charge is 2.33. The van der Waals surface area contributed by atoms with Crippen LogP contribution in [-0.4, -0.2) is 27.5 Å². The minimum Gasteiger partial charge on any atom is -0.457 e. The summed E-state index contributed by atoms with van der Waals surface area (Å²) in [6, 6.07) is 18.7. The van der Waals surface area contributed by atoms with E-state index in [1.54, 1.807) is 41.3 Å². The van der Waals surface area contributed by atoms with Crippen molar-refractivity contribution in [3.8, 4) is 22.6 Å². The number of hydrogen-bond donors (Lipinski definition) is 0. The summed E-state index contributed by atoms with van der Waals surface area (Å²) in [6.07, 6.45) is 1.72. The summed E-state index contributed by atoms with van der Waals surface area (Å²) >= 11 is 15.1. The molecule has 0 unspecified atom stereocenters. The van der Waals surface area contributed by atoms with Crippen LogP contribution in [0.15, 0.2) is 80.4 Å². The average Bonchev–Trinajstić information content (AvgIpc) is 3.57. The Morgan fingerprint density at radius 2 is 1.94 bits per heavy atom. The third kappa shape index (κ3) is 4.70. The van der Waals surface area contributed by atoms with Gasteiger partial charge in [-0.3, -0.25) is 9.69 Å². The monoisotopic (exact) mass is 525 g/mol. The van der Waals surface area contributed by atoms with E-state index in [4.69, 9.17) is 27.6 Å². The molecule has 1 aliphatic rings. The molecule has 2 aromatic heterocycles. The molecule has 5 rings (SSSR count). The van der Waals surface area contributed by atoms with E-state index in [1.807, 2.05) is 42.6 Å². The van der Waals surface area contributed by atoms with E-state index in [0.29, 0.717) is 48.9 Å². The molecule has 5 nitrogen and oxygen atoms in total. The van der Waals surface area contributed by atoms with Gasteiger partial charge in [-0.05, 0) is 49.0 Å². The summed E-state index contributed by atoms with van der Waals surface area (Å²) in [5.74, 6) is 0.997. The van der Waals surface area contributed by atoms with Crippen LogP contribution in [-0.2, 0) is 4.79 Å². The maximum absolute atomic E-state index is 13.0. The molecule has 0 radical (unpaired) electrons. The lowest BCUT2D eigenvalue weighted by atomic mass is 10.2. The van der Waals surface area contributed by atoms with Gasteiger partial charge in [0.25, 0.3) is 5.91 Å². The highest BCUT2D eigenvalue weighted by atomic mass is 35.5. The van der Waals surface area contributed by atoms with Crippen LogP contribution in [0.3, 0.4) is 0 Å². The summed E-state index contributed by atoms with van der Waals surface area (Å²) in [7, 11) is 0. The zero-order chi connectivity index (χ0) is 23.7. The van der Waals surface area contributed by atoms with E-state index in [0.717, 1.165) is 11.3 Å². The maximum Gasteiger partial charge on any atom is 0.266 e. The van der Waals surface area contributed by atoms with Crippen molar-refractivity contribution in [1.29, 1.82) is 0 Å². The van der Waals surface area contributed by atoms with Gasteiger partial charge in [0, 0.05) is 34.2 Å². The van der Waals surface area contributed by atoms with Crippen LogP contribution in [0.25, 0.3) is 28.7 Å². The highest BCUT2D eigenvalue weighted by Crippen LogP contribution is 2.37. The topological polar surface area (TPSA) is 58.7 Å². The number of furan rings is 1. The van der Waals surface area contributed by atoms with Crippen molar-refractivity contribution in [3.63, 3.8) is 0 Å². The van der Waals surface area contributed by atoms with Gasteiger partial charge in [-0.1, -0.05) is 53.5 Å². The van der Waals surface area contributed by atoms with Crippen LogP contribution < -0.4 is 0 Å². The molecule has 0 atom stereocenters. The van der Waals surface area contributed by atoms with E-state index in [2.05, 4.69) is 9.98 Å². The number of aliphatic imine (C=N–C) groups is 1. The van der Waals surface area contributed by atoms with Gasteiger partial charge < -0.3 is 4.42 Å². The van der Waals surface area contributed by atoms with E-state index in [9.17, 15) is 4.79 Å². The molecule has 4 aromatic rings. The fourth-order valence-electron chi connectivity index (χ4n) is 3.40. The summed E-state index contributed by atoms with van der Waals surface area (Å²) in [6.45, 7) is 2.42. The van der Waals surface area contributed by atoms with E-state index < -0.39 is 0 Å². The number of nitrogens with zero attached hydrogens (tertiary/aromatic N) is 3. The van der Waals surface area contributed by atoms with E-state index in [-0.39, 0.29) is 5.91 Å². The molecular formula is C25H17Cl2N3O2S2. The normalized spacial score (nSPS) is 16.2. The Bertz CT molecular complexity index is 1430. The zero-order valence-corrected chi connectivity index (χ0v) is 21.0. The van der Waals surface area contributed by atoms with Crippen molar-refractivity contribution >= 4 is 68.6 Å². The SMILES string of the molecule is CCN1C(=O)/C(=C\c2ccc(-c3cc(Cl)ccc3Cl)o2)S/C1=N/c1nc(-c2ccccc2)cs1. The molecule has 0 spiro atoms. The number of amidine groups is 1. The van der Waals surface area contributed by atoms with Crippen LogP contribution in [0.5, 0.6) is 0 Å². The first-order valence-electron chi connectivity index (χ1n) is 10.4. The smallest absolute Gasteiger partial charge is 0.266 e. The van der Waals surface area contributed by atoms with Crippen LogP contribution in [0.2, 0.25) is 10.0 Å². The fraction of sp³-hybridized carbons (Fsp3) is 0.0800. The lowest BCUT2D eigenvalue weighted by Crippen LogP contribution is -2.28. The number of thioether (sulfide) groups is 1. The predicted octanol–water partition coefficient (Wildman–Crippen LogP) is 8.00. The number of rotatable bonds is 5. The Morgan fingerprint density at radius 1 is 1.12 bits per heavy atom. The first-order valence-corrected chi connectivity index (χ1v) is 12.8. The quantitative estimate of drug-likeness (QED) is 0.247. The number of carbonyl (C=O) groups is 1. The Hall–Kier alpha value is -2.84. The second-order valence-electron chi connectivity index (χ2n) is 7.26. The first-order chi connectivity index (χ1) is 16.5. The Balaban J connectivity index is 1.41. The molecule has 170 valence electrons. The number of carbonyl (C=O) groups excluding carboxylic acids is 1. The summed E-state index contributed by atoms with van der Waals surface area (Å²) in [5, 5.41) is 4.26. The number of halogens is 2. The third-order valence-electron chi connectivity index (χ3n) is 5.05. The fourth-order valence-corrected chi connectivity index (χ4v) is 5.56. The van der Waals surface area contributed by atoms with Gasteiger partial charge in [-0.15, -0.1) is 11.3 Å². The van der Waals surface area contributed by atoms with Crippen molar-refractivity contribution in [3.05, 3.63) is 86.8 Å². The minimum atomic E-state index is -0.121. The van der Waals surface area contributed by atoms with Gasteiger partial charge in [-0.2, -0.15) is 4.99 Å². The van der Waals surface area contributed by atoms with Gasteiger partial charge in [-0.25, -0.2) is 4.98 Å². The number of amides is 1. The molecule has 2 aromatic carbocycles. The van der Waals surface area contributed by atoms with Crippen molar-refractivity contribution in [2.24, 2.45) is 4.99 Å². The van der Waals surface area contributed by atoms with E-state index in [1.165, 1.54) is 23.1 Å². The molecule has 0 saturated carbocycles. The van der Waals surface area contributed by atoms with Gasteiger partial charge in [0.15, 0.2) is 5.17 Å². The Kier molecular flexibility index (Phi) is 6.61. The number of likely N-dealkylation sites (N-methyl/N-ethyl adjacent to an activating group) is 1.